The molecule has 2 rings (SSSR count). The molecule has 1 N–H and O–H groups in total. The third-order valence-corrected chi connectivity index (χ3v) is 2.97. The summed E-state index contributed by atoms with van der Waals surface area (Å²) in [5.41, 5.74) is 0.996. The predicted molar refractivity (Wildman–Crippen MR) is 70.8 cm³/mol. The number of rotatable bonds is 4. The van der Waals surface area contributed by atoms with E-state index in [1.165, 1.54) is 30.3 Å². The molecule has 0 aromatic heterocycles. The first-order valence-electron chi connectivity index (χ1n) is 5.55. The molecular formula is C14H11BrF2O2. The van der Waals surface area contributed by atoms with Gasteiger partial charge < -0.3 is 9.84 Å². The highest BCUT2D eigenvalue weighted by molar-refractivity contribution is 9.10. The number of benzene rings is 2. The Morgan fingerprint density at radius 3 is 2.53 bits per heavy atom. The number of halogens is 3. The average molecular weight is 329 g/mol. The van der Waals surface area contributed by atoms with Crippen LogP contribution in [0.5, 0.6) is 5.75 Å². The normalized spacial score (nSPS) is 10.5. The SMILES string of the molecule is OCc1cc(F)ccc1OCc1cc(F)cc(Br)c1. The molecule has 0 aliphatic carbocycles. The number of aliphatic hydroxyl groups excluding tert-OH is 1. The van der Waals surface area contributed by atoms with Gasteiger partial charge in [0.05, 0.1) is 6.61 Å². The Balaban J connectivity index is 2.14. The quantitative estimate of drug-likeness (QED) is 0.925. The fourth-order valence-electron chi connectivity index (χ4n) is 1.67. The second-order valence-corrected chi connectivity index (χ2v) is 4.89. The molecule has 0 aliphatic heterocycles. The average Bonchev–Trinajstić information content (AvgIpc) is 2.36. The molecule has 2 nitrogen and oxygen atoms in total. The van der Waals surface area contributed by atoms with E-state index in [1.54, 1.807) is 6.07 Å². The smallest absolute Gasteiger partial charge is 0.125 e. The van der Waals surface area contributed by atoms with Crippen LogP contribution in [0.15, 0.2) is 40.9 Å². The minimum absolute atomic E-state index is 0.134. The lowest BCUT2D eigenvalue weighted by molar-refractivity contribution is 0.258. The van der Waals surface area contributed by atoms with Crippen LogP contribution in [0.1, 0.15) is 11.1 Å². The van der Waals surface area contributed by atoms with Crippen LogP contribution < -0.4 is 4.74 Å². The van der Waals surface area contributed by atoms with Crippen molar-refractivity contribution in [3.8, 4) is 5.75 Å². The van der Waals surface area contributed by atoms with Crippen molar-refractivity contribution in [1.29, 1.82) is 0 Å². The predicted octanol–water partition coefficient (Wildman–Crippen LogP) is 3.80. The summed E-state index contributed by atoms with van der Waals surface area (Å²) >= 11 is 3.19. The highest BCUT2D eigenvalue weighted by Crippen LogP contribution is 2.22. The zero-order valence-electron chi connectivity index (χ0n) is 9.87. The maximum atomic E-state index is 13.2. The van der Waals surface area contributed by atoms with Crippen molar-refractivity contribution in [3.05, 3.63) is 63.6 Å². The highest BCUT2D eigenvalue weighted by atomic mass is 79.9. The second-order valence-electron chi connectivity index (χ2n) is 3.98. The number of hydrogen-bond donors (Lipinski definition) is 1. The summed E-state index contributed by atoms with van der Waals surface area (Å²) in [6.45, 7) is -0.186. The summed E-state index contributed by atoms with van der Waals surface area (Å²) in [6, 6.07) is 8.32. The minimum Gasteiger partial charge on any atom is -0.489 e. The molecule has 0 heterocycles. The molecule has 0 fully saturated rings. The molecule has 0 saturated heterocycles. The molecule has 2 aromatic rings. The number of hydrogen-bond acceptors (Lipinski definition) is 2. The lowest BCUT2D eigenvalue weighted by atomic mass is 10.2. The Kier molecular flexibility index (Phi) is 4.50. The molecule has 19 heavy (non-hydrogen) atoms. The molecule has 0 amide bonds. The van der Waals surface area contributed by atoms with Crippen molar-refractivity contribution >= 4 is 15.9 Å². The summed E-state index contributed by atoms with van der Waals surface area (Å²) in [4.78, 5) is 0. The lowest BCUT2D eigenvalue weighted by Gasteiger charge is -2.10. The first-order chi connectivity index (χ1) is 9.08. The fourth-order valence-corrected chi connectivity index (χ4v) is 2.18. The van der Waals surface area contributed by atoms with E-state index in [4.69, 9.17) is 9.84 Å². The van der Waals surface area contributed by atoms with Crippen LogP contribution in [0.25, 0.3) is 0 Å². The van der Waals surface area contributed by atoms with Gasteiger partial charge in [0.15, 0.2) is 0 Å². The van der Waals surface area contributed by atoms with Crippen LogP contribution in [-0.4, -0.2) is 5.11 Å². The van der Waals surface area contributed by atoms with Crippen LogP contribution in [0.4, 0.5) is 8.78 Å². The molecular weight excluding hydrogens is 318 g/mol. The van der Waals surface area contributed by atoms with Gasteiger partial charge in [-0.15, -0.1) is 0 Å². The third kappa shape index (κ3) is 3.75. The van der Waals surface area contributed by atoms with E-state index in [-0.39, 0.29) is 19.0 Å². The first-order valence-corrected chi connectivity index (χ1v) is 6.35. The molecule has 0 radical (unpaired) electrons. The van der Waals surface area contributed by atoms with Crippen LogP contribution in [-0.2, 0) is 13.2 Å². The minimum atomic E-state index is -0.440. The summed E-state index contributed by atoms with van der Waals surface area (Å²) in [5, 5.41) is 9.11. The maximum Gasteiger partial charge on any atom is 0.125 e. The molecule has 2 aromatic carbocycles. The topological polar surface area (TPSA) is 29.5 Å². The van der Waals surface area contributed by atoms with E-state index >= 15 is 0 Å². The highest BCUT2D eigenvalue weighted by Gasteiger charge is 2.06. The zero-order valence-corrected chi connectivity index (χ0v) is 11.5. The largest absolute Gasteiger partial charge is 0.489 e. The summed E-state index contributed by atoms with van der Waals surface area (Å²) in [5.74, 6) is -0.427. The monoisotopic (exact) mass is 328 g/mol. The number of ether oxygens (including phenoxy) is 1. The summed E-state index contributed by atoms with van der Waals surface area (Å²) < 4.78 is 32.2. The van der Waals surface area contributed by atoms with Gasteiger partial charge in [-0.1, -0.05) is 15.9 Å². The Hall–Kier alpha value is -1.46. The lowest BCUT2D eigenvalue weighted by Crippen LogP contribution is -2.00. The van der Waals surface area contributed by atoms with E-state index in [9.17, 15) is 8.78 Å². The van der Waals surface area contributed by atoms with Crippen molar-refractivity contribution in [1.82, 2.24) is 0 Å². The van der Waals surface area contributed by atoms with E-state index in [2.05, 4.69) is 15.9 Å². The molecule has 5 heteroatoms. The van der Waals surface area contributed by atoms with E-state index < -0.39 is 5.82 Å². The van der Waals surface area contributed by atoms with Gasteiger partial charge in [-0.2, -0.15) is 0 Å². The van der Waals surface area contributed by atoms with Gasteiger partial charge in [0, 0.05) is 10.0 Å². The van der Waals surface area contributed by atoms with Crippen molar-refractivity contribution in [3.63, 3.8) is 0 Å². The van der Waals surface area contributed by atoms with E-state index in [0.29, 0.717) is 21.3 Å². The second kappa shape index (κ2) is 6.12. The van der Waals surface area contributed by atoms with Gasteiger partial charge in [-0.3, -0.25) is 0 Å². The van der Waals surface area contributed by atoms with Crippen molar-refractivity contribution < 1.29 is 18.6 Å². The van der Waals surface area contributed by atoms with Gasteiger partial charge in [0.1, 0.15) is 24.0 Å². The Morgan fingerprint density at radius 1 is 1.05 bits per heavy atom. The molecule has 0 spiro atoms. The molecule has 0 unspecified atom stereocenters. The van der Waals surface area contributed by atoms with Gasteiger partial charge in [-0.25, -0.2) is 8.78 Å². The molecule has 0 bridgehead atoms. The van der Waals surface area contributed by atoms with Crippen molar-refractivity contribution in [2.45, 2.75) is 13.2 Å². The van der Waals surface area contributed by atoms with E-state index in [1.807, 2.05) is 0 Å². The van der Waals surface area contributed by atoms with Gasteiger partial charge >= 0.3 is 0 Å². The van der Waals surface area contributed by atoms with Crippen LogP contribution >= 0.6 is 15.9 Å². The van der Waals surface area contributed by atoms with Crippen LogP contribution in [0.2, 0.25) is 0 Å². The Morgan fingerprint density at radius 2 is 1.84 bits per heavy atom. The number of aliphatic hydroxyl groups is 1. The van der Waals surface area contributed by atoms with Crippen molar-refractivity contribution in [2.24, 2.45) is 0 Å². The fraction of sp³-hybridized carbons (Fsp3) is 0.143. The van der Waals surface area contributed by atoms with Gasteiger partial charge in [-0.05, 0) is 42.0 Å². The Labute approximate surface area is 117 Å². The van der Waals surface area contributed by atoms with E-state index in [0.717, 1.165) is 0 Å². The first kappa shape index (κ1) is 14.0. The summed E-state index contributed by atoms with van der Waals surface area (Å²) in [6.07, 6.45) is 0. The summed E-state index contributed by atoms with van der Waals surface area (Å²) in [7, 11) is 0. The van der Waals surface area contributed by atoms with Crippen LogP contribution in [0, 0.1) is 11.6 Å². The van der Waals surface area contributed by atoms with Crippen LogP contribution in [0.3, 0.4) is 0 Å². The van der Waals surface area contributed by atoms with Crippen molar-refractivity contribution in [2.75, 3.05) is 0 Å². The molecule has 100 valence electrons. The standard InChI is InChI=1S/C14H11BrF2O2/c15-11-3-9(4-13(17)6-11)8-19-14-2-1-12(16)5-10(14)7-18/h1-6,18H,7-8H2. The molecule has 0 aliphatic rings. The molecule has 0 atom stereocenters. The van der Waals surface area contributed by atoms with Gasteiger partial charge in [0.2, 0.25) is 0 Å². The Bertz CT molecular complexity index is 567. The maximum absolute atomic E-state index is 13.2. The zero-order chi connectivity index (χ0) is 13.8. The molecule has 0 saturated carbocycles. The van der Waals surface area contributed by atoms with Gasteiger partial charge in [0.25, 0.3) is 0 Å². The third-order valence-electron chi connectivity index (χ3n) is 2.51.